The zero-order chi connectivity index (χ0) is 30.5. The molecular formula is C30H32Cl2F5N5O2. The summed E-state index contributed by atoms with van der Waals surface area (Å²) >= 11 is 6.38. The van der Waals surface area contributed by atoms with Gasteiger partial charge in [-0.2, -0.15) is 18.3 Å². The Kier molecular flexibility index (Phi) is 9.08. The van der Waals surface area contributed by atoms with Crippen LogP contribution < -0.4 is 9.80 Å². The number of rotatable bonds is 7. The van der Waals surface area contributed by atoms with E-state index in [1.54, 1.807) is 12.1 Å². The van der Waals surface area contributed by atoms with Crippen LogP contribution in [0.1, 0.15) is 41.4 Å². The molecule has 3 aliphatic rings. The van der Waals surface area contributed by atoms with Crippen LogP contribution in [0.2, 0.25) is 5.02 Å². The molecule has 238 valence electrons. The first-order chi connectivity index (χ1) is 20.4. The van der Waals surface area contributed by atoms with Crippen LogP contribution in [0.5, 0.6) is 0 Å². The van der Waals surface area contributed by atoms with Crippen LogP contribution in [-0.2, 0) is 6.18 Å². The van der Waals surface area contributed by atoms with Gasteiger partial charge >= 0.3 is 12.1 Å². The molecule has 2 unspecified atom stereocenters. The fraction of sp³-hybridized carbons (Fsp3) is 0.467. The Hall–Kier alpha value is -3.09. The molecule has 2 aromatic carbocycles. The zero-order valence-corrected chi connectivity index (χ0v) is 25.2. The summed E-state index contributed by atoms with van der Waals surface area (Å²) in [5, 5.41) is 13.7. The van der Waals surface area contributed by atoms with Gasteiger partial charge in [0.2, 0.25) is 0 Å². The van der Waals surface area contributed by atoms with E-state index in [4.69, 9.17) is 11.6 Å². The van der Waals surface area contributed by atoms with Crippen LogP contribution >= 0.6 is 24.0 Å². The highest BCUT2D eigenvalue weighted by atomic mass is 35.5. The van der Waals surface area contributed by atoms with Gasteiger partial charge in [0.25, 0.3) is 5.92 Å². The number of aromatic carboxylic acids is 1. The van der Waals surface area contributed by atoms with E-state index >= 15 is 0 Å². The minimum atomic E-state index is -4.87. The number of anilines is 2. The molecule has 1 N–H and O–H groups in total. The molecule has 0 radical (unpaired) electrons. The highest BCUT2D eigenvalue weighted by Gasteiger charge is 2.57. The number of aromatic nitrogens is 2. The maximum atomic E-state index is 13.9. The second-order valence-electron chi connectivity index (χ2n) is 11.6. The van der Waals surface area contributed by atoms with Crippen molar-refractivity contribution in [2.75, 3.05) is 55.6 Å². The number of alkyl halides is 5. The highest BCUT2D eigenvalue weighted by Crippen LogP contribution is 2.49. The third kappa shape index (κ3) is 6.62. The first-order valence-electron chi connectivity index (χ1n) is 14.3. The number of piperazine rings is 1. The summed E-state index contributed by atoms with van der Waals surface area (Å²) < 4.78 is 69.1. The van der Waals surface area contributed by atoms with Crippen molar-refractivity contribution in [2.24, 2.45) is 5.92 Å². The van der Waals surface area contributed by atoms with Crippen molar-refractivity contribution in [1.82, 2.24) is 14.7 Å². The van der Waals surface area contributed by atoms with Crippen molar-refractivity contribution in [2.45, 2.75) is 37.4 Å². The number of benzene rings is 2. The van der Waals surface area contributed by atoms with Gasteiger partial charge in [0, 0.05) is 80.1 Å². The zero-order valence-electron chi connectivity index (χ0n) is 23.6. The molecule has 0 spiro atoms. The van der Waals surface area contributed by atoms with Crippen molar-refractivity contribution in [1.29, 1.82) is 0 Å². The number of nitrogens with zero attached hydrogens (tertiary/aromatic N) is 5. The molecule has 3 aromatic rings. The fourth-order valence-corrected chi connectivity index (χ4v) is 6.45. The summed E-state index contributed by atoms with van der Waals surface area (Å²) in [5.74, 6) is -4.69. The molecule has 2 atom stereocenters. The van der Waals surface area contributed by atoms with Gasteiger partial charge < -0.3 is 14.9 Å². The standard InChI is InChI=1S/C30H31ClF5N5O2.ClH/c31-21-5-8-24(19-3-6-22(7-4-19)39-12-10-38(11-13-39)17-20-15-29(20,32)33)26(14-21)40-9-1-2-23(18-40)41-27(30(34,35)36)25(16-37-41)28(42)43;/h3-8,14,16,20,23H,1-2,9-13,15,17-18H2,(H,42,43);1H. The van der Waals surface area contributed by atoms with E-state index in [1.807, 2.05) is 35.2 Å². The van der Waals surface area contributed by atoms with E-state index in [1.165, 1.54) is 0 Å². The Morgan fingerprint density at radius 3 is 2.32 bits per heavy atom. The lowest BCUT2D eigenvalue weighted by Gasteiger charge is -2.37. The summed E-state index contributed by atoms with van der Waals surface area (Å²) in [7, 11) is 0. The largest absolute Gasteiger partial charge is 0.478 e. The van der Waals surface area contributed by atoms with Crippen LogP contribution in [0, 0.1) is 5.92 Å². The molecule has 3 heterocycles. The molecule has 7 nitrogen and oxygen atoms in total. The number of hydrogen-bond acceptors (Lipinski definition) is 5. The Morgan fingerprint density at radius 1 is 1.02 bits per heavy atom. The number of hydrogen-bond donors (Lipinski definition) is 1. The number of carboxylic acids is 1. The van der Waals surface area contributed by atoms with E-state index in [0.717, 1.165) is 59.6 Å². The third-order valence-corrected chi connectivity index (χ3v) is 8.92. The summed E-state index contributed by atoms with van der Waals surface area (Å²) in [4.78, 5) is 17.8. The SMILES string of the molecule is Cl.O=C(O)c1cnn(C2CCCN(c3cc(Cl)ccc3-c3ccc(N4CCN(CC5CC5(F)F)CC4)cc3)C2)c1C(F)(F)F. The van der Waals surface area contributed by atoms with Gasteiger partial charge in [0.1, 0.15) is 5.56 Å². The van der Waals surface area contributed by atoms with Gasteiger partial charge in [-0.25, -0.2) is 13.6 Å². The van der Waals surface area contributed by atoms with Gasteiger partial charge in [-0.1, -0.05) is 29.8 Å². The topological polar surface area (TPSA) is 64.8 Å². The monoisotopic (exact) mass is 659 g/mol. The van der Waals surface area contributed by atoms with Crippen LogP contribution in [0.3, 0.4) is 0 Å². The van der Waals surface area contributed by atoms with Crippen LogP contribution in [0.15, 0.2) is 48.7 Å². The molecule has 1 aliphatic carbocycles. The normalized spacial score (nSPS) is 22.0. The number of halogens is 7. The average molecular weight is 661 g/mol. The number of carboxylic acid groups (broad SMARTS) is 1. The van der Waals surface area contributed by atoms with Crippen LogP contribution in [-0.4, -0.2) is 77.5 Å². The first kappa shape index (κ1) is 32.3. The molecule has 14 heteroatoms. The molecule has 1 saturated carbocycles. The second kappa shape index (κ2) is 12.4. The van der Waals surface area contributed by atoms with Gasteiger partial charge in [0.05, 0.1) is 12.2 Å². The lowest BCUT2D eigenvalue weighted by atomic mass is 9.99. The predicted octanol–water partition coefficient (Wildman–Crippen LogP) is 6.96. The van der Waals surface area contributed by atoms with E-state index in [-0.39, 0.29) is 25.4 Å². The van der Waals surface area contributed by atoms with Crippen molar-refractivity contribution in [3.8, 4) is 11.1 Å². The predicted molar refractivity (Wildman–Crippen MR) is 161 cm³/mol. The summed E-state index contributed by atoms with van der Waals surface area (Å²) in [5.41, 5.74) is 1.47. The summed E-state index contributed by atoms with van der Waals surface area (Å²) in [6.07, 6.45) is -3.11. The molecule has 0 amide bonds. The van der Waals surface area contributed by atoms with Crippen molar-refractivity contribution in [3.05, 3.63) is 64.9 Å². The summed E-state index contributed by atoms with van der Waals surface area (Å²) in [6.45, 7) is 4.18. The highest BCUT2D eigenvalue weighted by molar-refractivity contribution is 6.31. The van der Waals surface area contributed by atoms with E-state index in [0.29, 0.717) is 31.0 Å². The van der Waals surface area contributed by atoms with Crippen molar-refractivity contribution in [3.63, 3.8) is 0 Å². The van der Waals surface area contributed by atoms with Gasteiger partial charge in [-0.15, -0.1) is 12.4 Å². The van der Waals surface area contributed by atoms with Crippen LogP contribution in [0.4, 0.5) is 33.3 Å². The van der Waals surface area contributed by atoms with Gasteiger partial charge in [0.15, 0.2) is 5.69 Å². The van der Waals surface area contributed by atoms with Crippen molar-refractivity contribution >= 4 is 41.4 Å². The lowest BCUT2D eigenvalue weighted by Crippen LogP contribution is -2.47. The molecular weight excluding hydrogens is 628 g/mol. The molecule has 2 saturated heterocycles. The maximum absolute atomic E-state index is 13.9. The summed E-state index contributed by atoms with van der Waals surface area (Å²) in [6, 6.07) is 12.8. The molecule has 6 rings (SSSR count). The number of piperidine rings is 1. The Labute approximate surface area is 262 Å². The van der Waals surface area contributed by atoms with E-state index in [9.17, 15) is 31.9 Å². The smallest absolute Gasteiger partial charge is 0.433 e. The van der Waals surface area contributed by atoms with E-state index in [2.05, 4.69) is 14.9 Å². The Morgan fingerprint density at radius 2 is 1.70 bits per heavy atom. The lowest BCUT2D eigenvalue weighted by molar-refractivity contribution is -0.145. The van der Waals surface area contributed by atoms with Gasteiger partial charge in [-0.3, -0.25) is 9.58 Å². The van der Waals surface area contributed by atoms with E-state index < -0.39 is 41.3 Å². The minimum Gasteiger partial charge on any atom is -0.478 e. The molecule has 2 aliphatic heterocycles. The quantitative estimate of drug-likeness (QED) is 0.277. The Bertz CT molecular complexity index is 1490. The second-order valence-corrected chi connectivity index (χ2v) is 12.0. The molecule has 0 bridgehead atoms. The minimum absolute atomic E-state index is 0. The molecule has 3 fully saturated rings. The van der Waals surface area contributed by atoms with Crippen molar-refractivity contribution < 1.29 is 31.9 Å². The average Bonchev–Trinajstić information content (AvgIpc) is 3.35. The maximum Gasteiger partial charge on any atom is 0.433 e. The first-order valence-corrected chi connectivity index (χ1v) is 14.7. The van der Waals surface area contributed by atoms with Crippen LogP contribution in [0.25, 0.3) is 11.1 Å². The Balaban J connectivity index is 0.00000384. The molecule has 1 aromatic heterocycles. The fourth-order valence-electron chi connectivity index (χ4n) is 6.28. The number of carbonyl (C=O) groups is 1. The third-order valence-electron chi connectivity index (χ3n) is 8.69. The molecule has 44 heavy (non-hydrogen) atoms. The van der Waals surface area contributed by atoms with Gasteiger partial charge in [-0.05, 0) is 42.7 Å².